The number of carbonyl (C=O) groups is 1. The predicted octanol–water partition coefficient (Wildman–Crippen LogP) is 2.56. The fourth-order valence-electron chi connectivity index (χ4n) is 3.12. The van der Waals surface area contributed by atoms with Gasteiger partial charge in [0.1, 0.15) is 0 Å². The van der Waals surface area contributed by atoms with Gasteiger partial charge in [-0.2, -0.15) is 0 Å². The van der Waals surface area contributed by atoms with Crippen molar-refractivity contribution in [2.45, 2.75) is 31.6 Å². The second-order valence-corrected chi connectivity index (χ2v) is 8.11. The average molecular weight is 358 g/mol. The van der Waals surface area contributed by atoms with E-state index >= 15 is 0 Å². The van der Waals surface area contributed by atoms with E-state index < -0.39 is 10.0 Å². The summed E-state index contributed by atoms with van der Waals surface area (Å²) in [6.07, 6.45) is 1.82. The minimum atomic E-state index is -3.72. The van der Waals surface area contributed by atoms with Crippen molar-refractivity contribution in [3.63, 3.8) is 0 Å². The first-order valence-corrected chi connectivity index (χ1v) is 9.82. The third-order valence-electron chi connectivity index (χ3n) is 4.46. The summed E-state index contributed by atoms with van der Waals surface area (Å²) >= 11 is 0. The molecule has 0 aromatic heterocycles. The molecule has 1 aliphatic rings. The lowest BCUT2D eigenvalue weighted by atomic mass is 10.0. The van der Waals surface area contributed by atoms with Gasteiger partial charge in [-0.05, 0) is 55.5 Å². The van der Waals surface area contributed by atoms with Crippen LogP contribution in [-0.4, -0.2) is 27.4 Å². The van der Waals surface area contributed by atoms with E-state index in [0.717, 1.165) is 29.7 Å². The molecule has 0 aliphatic carbocycles. The molecule has 0 fully saturated rings. The van der Waals surface area contributed by atoms with Crippen LogP contribution in [0.15, 0.2) is 47.4 Å². The largest absolute Gasteiger partial charge is 0.311 e. The Balaban J connectivity index is 1.76. The molecule has 0 bridgehead atoms. The number of para-hydroxylation sites is 1. The Morgan fingerprint density at radius 1 is 1.16 bits per heavy atom. The van der Waals surface area contributed by atoms with E-state index in [2.05, 4.69) is 4.72 Å². The van der Waals surface area contributed by atoms with E-state index in [1.807, 2.05) is 37.3 Å². The highest BCUT2D eigenvalue weighted by molar-refractivity contribution is 7.89. The highest BCUT2D eigenvalue weighted by atomic mass is 32.2. The SMILES string of the molecule is Cc1ccc(C)c(S(=O)(=O)NCC(=O)N2CCCc3ccccc32)c1. The normalized spacial score (nSPS) is 14.2. The summed E-state index contributed by atoms with van der Waals surface area (Å²) in [6.45, 7) is 3.95. The number of sulfonamides is 1. The van der Waals surface area contributed by atoms with Gasteiger partial charge in [0.15, 0.2) is 0 Å². The Kier molecular flexibility index (Phi) is 4.92. The maximum atomic E-state index is 12.6. The smallest absolute Gasteiger partial charge is 0.242 e. The van der Waals surface area contributed by atoms with E-state index in [-0.39, 0.29) is 17.3 Å². The lowest BCUT2D eigenvalue weighted by Crippen LogP contribution is -2.42. The van der Waals surface area contributed by atoms with Gasteiger partial charge >= 0.3 is 0 Å². The van der Waals surface area contributed by atoms with Gasteiger partial charge in [0, 0.05) is 12.2 Å². The molecule has 0 saturated carbocycles. The van der Waals surface area contributed by atoms with E-state index in [0.29, 0.717) is 12.1 Å². The number of benzene rings is 2. The van der Waals surface area contributed by atoms with Gasteiger partial charge in [-0.25, -0.2) is 13.1 Å². The van der Waals surface area contributed by atoms with Crippen molar-refractivity contribution in [3.8, 4) is 0 Å². The van der Waals surface area contributed by atoms with Crippen LogP contribution >= 0.6 is 0 Å². The summed E-state index contributed by atoms with van der Waals surface area (Å²) in [7, 11) is -3.72. The van der Waals surface area contributed by atoms with E-state index in [1.165, 1.54) is 0 Å². The van der Waals surface area contributed by atoms with Gasteiger partial charge < -0.3 is 4.90 Å². The minimum Gasteiger partial charge on any atom is -0.311 e. The first kappa shape index (κ1) is 17.6. The third-order valence-corrected chi connectivity index (χ3v) is 6.00. The second-order valence-electron chi connectivity index (χ2n) is 6.37. The van der Waals surface area contributed by atoms with Crippen LogP contribution < -0.4 is 9.62 Å². The van der Waals surface area contributed by atoms with Crippen LogP contribution in [0.3, 0.4) is 0 Å². The van der Waals surface area contributed by atoms with Gasteiger partial charge in [0.05, 0.1) is 11.4 Å². The molecule has 25 heavy (non-hydrogen) atoms. The molecule has 0 saturated heterocycles. The fourth-order valence-corrected chi connectivity index (χ4v) is 4.42. The number of anilines is 1. The molecule has 0 unspecified atom stereocenters. The van der Waals surface area contributed by atoms with Crippen molar-refractivity contribution >= 4 is 21.6 Å². The molecule has 132 valence electrons. The van der Waals surface area contributed by atoms with Crippen LogP contribution in [0, 0.1) is 13.8 Å². The molecule has 0 atom stereocenters. The Morgan fingerprint density at radius 3 is 2.72 bits per heavy atom. The molecule has 5 nitrogen and oxygen atoms in total. The van der Waals surface area contributed by atoms with Gasteiger partial charge in [0.25, 0.3) is 0 Å². The summed E-state index contributed by atoms with van der Waals surface area (Å²) in [5.41, 5.74) is 3.53. The lowest BCUT2D eigenvalue weighted by Gasteiger charge is -2.29. The van der Waals surface area contributed by atoms with Crippen LogP contribution in [0.25, 0.3) is 0 Å². The monoisotopic (exact) mass is 358 g/mol. The zero-order chi connectivity index (χ0) is 18.0. The molecule has 0 radical (unpaired) electrons. The topological polar surface area (TPSA) is 66.5 Å². The molecule has 6 heteroatoms. The molecule has 3 rings (SSSR count). The minimum absolute atomic E-state index is 0.222. The van der Waals surface area contributed by atoms with Crippen molar-refractivity contribution in [3.05, 3.63) is 59.2 Å². The van der Waals surface area contributed by atoms with Crippen molar-refractivity contribution in [1.82, 2.24) is 4.72 Å². The van der Waals surface area contributed by atoms with E-state index in [4.69, 9.17) is 0 Å². The Morgan fingerprint density at radius 2 is 1.92 bits per heavy atom. The number of hydrogen-bond acceptors (Lipinski definition) is 3. The van der Waals surface area contributed by atoms with Crippen molar-refractivity contribution in [2.75, 3.05) is 18.0 Å². The zero-order valence-corrected chi connectivity index (χ0v) is 15.3. The number of nitrogens with one attached hydrogen (secondary N) is 1. The molecule has 2 aromatic rings. The van der Waals surface area contributed by atoms with E-state index in [1.54, 1.807) is 24.0 Å². The lowest BCUT2D eigenvalue weighted by molar-refractivity contribution is -0.117. The molecular weight excluding hydrogens is 336 g/mol. The number of rotatable bonds is 4. The predicted molar refractivity (Wildman–Crippen MR) is 98.2 cm³/mol. The van der Waals surface area contributed by atoms with Crippen LogP contribution in [0.2, 0.25) is 0 Å². The Bertz CT molecular complexity index is 907. The molecule has 2 aromatic carbocycles. The summed E-state index contributed by atoms with van der Waals surface area (Å²) in [6, 6.07) is 13.0. The molecule has 1 amide bonds. The first-order chi connectivity index (χ1) is 11.9. The highest BCUT2D eigenvalue weighted by Gasteiger charge is 2.24. The molecule has 1 N–H and O–H groups in total. The average Bonchev–Trinajstić information content (AvgIpc) is 2.61. The van der Waals surface area contributed by atoms with Crippen molar-refractivity contribution < 1.29 is 13.2 Å². The van der Waals surface area contributed by atoms with Crippen molar-refractivity contribution in [1.29, 1.82) is 0 Å². The molecule has 0 spiro atoms. The fraction of sp³-hybridized carbons (Fsp3) is 0.316. The third kappa shape index (κ3) is 3.75. The van der Waals surface area contributed by atoms with Crippen LogP contribution in [-0.2, 0) is 21.2 Å². The number of fused-ring (bicyclic) bond motifs is 1. The Labute approximate surface area is 148 Å². The van der Waals surface area contributed by atoms with Crippen molar-refractivity contribution in [2.24, 2.45) is 0 Å². The second kappa shape index (κ2) is 6.98. The summed E-state index contributed by atoms with van der Waals surface area (Å²) in [4.78, 5) is 14.5. The number of nitrogens with zero attached hydrogens (tertiary/aromatic N) is 1. The first-order valence-electron chi connectivity index (χ1n) is 8.34. The van der Waals surface area contributed by atoms with Gasteiger partial charge in [-0.15, -0.1) is 0 Å². The van der Waals surface area contributed by atoms with Gasteiger partial charge in [-0.1, -0.05) is 30.3 Å². The highest BCUT2D eigenvalue weighted by Crippen LogP contribution is 2.26. The van der Waals surface area contributed by atoms with Crippen LogP contribution in [0.5, 0.6) is 0 Å². The molecule has 1 heterocycles. The maximum Gasteiger partial charge on any atom is 0.242 e. The van der Waals surface area contributed by atoms with E-state index in [9.17, 15) is 13.2 Å². The van der Waals surface area contributed by atoms with Gasteiger partial charge in [-0.3, -0.25) is 4.79 Å². The number of amides is 1. The standard InChI is InChI=1S/C19H22N2O3S/c1-14-9-10-15(2)18(12-14)25(23,24)20-13-19(22)21-11-5-7-16-6-3-4-8-17(16)21/h3-4,6,8-10,12,20H,5,7,11,13H2,1-2H3. The number of carbonyl (C=O) groups excluding carboxylic acids is 1. The van der Waals surface area contributed by atoms with Gasteiger partial charge in [0.2, 0.25) is 15.9 Å². The number of aryl methyl sites for hydroxylation is 3. The van der Waals surface area contributed by atoms with Crippen LogP contribution in [0.4, 0.5) is 5.69 Å². The summed E-state index contributed by atoms with van der Waals surface area (Å²) in [5, 5.41) is 0. The maximum absolute atomic E-state index is 12.6. The number of hydrogen-bond donors (Lipinski definition) is 1. The summed E-state index contributed by atoms with van der Waals surface area (Å²) in [5.74, 6) is -0.235. The van der Waals surface area contributed by atoms with Crippen LogP contribution in [0.1, 0.15) is 23.1 Å². The molecule has 1 aliphatic heterocycles. The quantitative estimate of drug-likeness (QED) is 0.913. The zero-order valence-electron chi connectivity index (χ0n) is 14.5. The Hall–Kier alpha value is -2.18. The summed E-state index contributed by atoms with van der Waals surface area (Å²) < 4.78 is 27.6. The molecular formula is C19H22N2O3S.